The molecule has 3 rings (SSSR count). The first-order valence-electron chi connectivity index (χ1n) is 5.48. The molecule has 6 heteroatoms. The number of pyridine rings is 1. The Kier molecular flexibility index (Phi) is 2.79. The monoisotopic (exact) mass is 317 g/mol. The van der Waals surface area contributed by atoms with E-state index in [1.165, 1.54) is 0 Å². The first-order chi connectivity index (χ1) is 9.13. The van der Waals surface area contributed by atoms with Crippen LogP contribution in [0.5, 0.6) is 0 Å². The summed E-state index contributed by atoms with van der Waals surface area (Å²) in [6.45, 7) is 0. The summed E-state index contributed by atoms with van der Waals surface area (Å²) in [4.78, 5) is 22.6. The number of fused-ring (bicyclic) bond motifs is 1. The third-order valence-corrected chi connectivity index (χ3v) is 3.12. The van der Waals surface area contributed by atoms with Crippen LogP contribution in [0.25, 0.3) is 22.6 Å². The van der Waals surface area contributed by atoms with Crippen LogP contribution in [-0.4, -0.2) is 26.0 Å². The smallest absolute Gasteiger partial charge is 0.335 e. The summed E-state index contributed by atoms with van der Waals surface area (Å²) in [5, 5.41) is 8.98. The minimum absolute atomic E-state index is 0.229. The molecule has 1 aromatic carbocycles. The third kappa shape index (κ3) is 2.22. The summed E-state index contributed by atoms with van der Waals surface area (Å²) in [5.41, 5.74) is 2.34. The number of carbonyl (C=O) groups is 1. The lowest BCUT2D eigenvalue weighted by molar-refractivity contribution is 0.0697. The first kappa shape index (κ1) is 11.9. The second kappa shape index (κ2) is 4.47. The molecule has 0 unspecified atom stereocenters. The van der Waals surface area contributed by atoms with Crippen molar-refractivity contribution in [1.29, 1.82) is 0 Å². The fourth-order valence-electron chi connectivity index (χ4n) is 1.81. The van der Waals surface area contributed by atoms with E-state index in [4.69, 9.17) is 5.11 Å². The van der Waals surface area contributed by atoms with Gasteiger partial charge in [0.2, 0.25) is 0 Å². The van der Waals surface area contributed by atoms with Gasteiger partial charge in [-0.2, -0.15) is 0 Å². The van der Waals surface area contributed by atoms with Gasteiger partial charge in [0.15, 0.2) is 5.65 Å². The molecule has 0 aliphatic heterocycles. The lowest BCUT2D eigenvalue weighted by Crippen LogP contribution is -1.95. The lowest BCUT2D eigenvalue weighted by Gasteiger charge is -1.98. The Balaban J connectivity index is 2.13. The van der Waals surface area contributed by atoms with Gasteiger partial charge in [0.05, 0.1) is 11.1 Å². The average molecular weight is 318 g/mol. The molecule has 0 saturated carbocycles. The van der Waals surface area contributed by atoms with E-state index in [-0.39, 0.29) is 5.56 Å². The van der Waals surface area contributed by atoms with Gasteiger partial charge in [0.25, 0.3) is 0 Å². The standard InChI is InChI=1S/C13H8BrN3O2/c14-9-5-10-12(15-6-9)17-11(16-10)7-2-1-3-8(4-7)13(18)19/h1-6H,(H,18,19)(H,15,16,17). The van der Waals surface area contributed by atoms with Crippen LogP contribution in [-0.2, 0) is 0 Å². The van der Waals surface area contributed by atoms with E-state index in [0.29, 0.717) is 17.0 Å². The largest absolute Gasteiger partial charge is 0.478 e. The van der Waals surface area contributed by atoms with Crippen molar-refractivity contribution >= 4 is 33.1 Å². The number of imidazole rings is 1. The van der Waals surface area contributed by atoms with Crippen molar-refractivity contribution in [2.75, 3.05) is 0 Å². The molecule has 0 spiro atoms. The van der Waals surface area contributed by atoms with Crippen LogP contribution < -0.4 is 0 Å². The van der Waals surface area contributed by atoms with Gasteiger partial charge in [-0.1, -0.05) is 12.1 Å². The van der Waals surface area contributed by atoms with Crippen molar-refractivity contribution in [1.82, 2.24) is 15.0 Å². The summed E-state index contributed by atoms with van der Waals surface area (Å²) in [6, 6.07) is 8.49. The molecule has 2 N–H and O–H groups in total. The molecule has 0 fully saturated rings. The van der Waals surface area contributed by atoms with E-state index in [1.54, 1.807) is 30.5 Å². The van der Waals surface area contributed by atoms with Crippen molar-refractivity contribution in [3.8, 4) is 11.4 Å². The van der Waals surface area contributed by atoms with Gasteiger partial charge >= 0.3 is 5.97 Å². The van der Waals surface area contributed by atoms with Crippen LogP contribution >= 0.6 is 15.9 Å². The van der Waals surface area contributed by atoms with Crippen LogP contribution in [0, 0.1) is 0 Å². The van der Waals surface area contributed by atoms with Crippen LogP contribution in [0.3, 0.4) is 0 Å². The van der Waals surface area contributed by atoms with E-state index in [1.807, 2.05) is 6.07 Å². The highest BCUT2D eigenvalue weighted by Gasteiger charge is 2.09. The number of halogens is 1. The van der Waals surface area contributed by atoms with E-state index in [0.717, 1.165) is 9.99 Å². The SMILES string of the molecule is O=C(O)c1cccc(-c2nc3ncc(Br)cc3[nH]2)c1. The van der Waals surface area contributed by atoms with E-state index in [9.17, 15) is 4.79 Å². The molecule has 94 valence electrons. The molecule has 5 nitrogen and oxygen atoms in total. The number of carboxylic acids is 1. The molecule has 0 radical (unpaired) electrons. The van der Waals surface area contributed by atoms with Gasteiger partial charge in [-0.25, -0.2) is 14.8 Å². The predicted octanol–water partition coefficient (Wildman–Crippen LogP) is 3.09. The van der Waals surface area contributed by atoms with Crippen LogP contribution in [0.15, 0.2) is 41.0 Å². The van der Waals surface area contributed by atoms with E-state index >= 15 is 0 Å². The maximum atomic E-state index is 11.0. The Hall–Kier alpha value is -2.21. The number of carboxylic acid groups (broad SMARTS) is 1. The second-order valence-electron chi connectivity index (χ2n) is 4.00. The number of nitrogens with one attached hydrogen (secondary N) is 1. The quantitative estimate of drug-likeness (QED) is 0.761. The van der Waals surface area contributed by atoms with Gasteiger partial charge in [-0.15, -0.1) is 0 Å². The molecule has 0 aliphatic carbocycles. The predicted molar refractivity (Wildman–Crippen MR) is 74.0 cm³/mol. The zero-order chi connectivity index (χ0) is 13.4. The zero-order valence-corrected chi connectivity index (χ0v) is 11.2. The number of aromatic amines is 1. The van der Waals surface area contributed by atoms with Gasteiger partial charge in [-0.3, -0.25) is 0 Å². The summed E-state index contributed by atoms with van der Waals surface area (Å²) in [7, 11) is 0. The number of benzene rings is 1. The highest BCUT2D eigenvalue weighted by molar-refractivity contribution is 9.10. The lowest BCUT2D eigenvalue weighted by atomic mass is 10.1. The van der Waals surface area contributed by atoms with Crippen molar-refractivity contribution < 1.29 is 9.90 Å². The Morgan fingerprint density at radius 3 is 2.95 bits per heavy atom. The van der Waals surface area contributed by atoms with Crippen LogP contribution in [0.2, 0.25) is 0 Å². The molecule has 0 bridgehead atoms. The average Bonchev–Trinajstić information content (AvgIpc) is 2.81. The van der Waals surface area contributed by atoms with E-state index in [2.05, 4.69) is 30.9 Å². The highest BCUT2D eigenvalue weighted by atomic mass is 79.9. The van der Waals surface area contributed by atoms with Crippen LogP contribution in [0.4, 0.5) is 0 Å². The number of aromatic nitrogens is 3. The molecule has 0 amide bonds. The summed E-state index contributed by atoms with van der Waals surface area (Å²) in [5.74, 6) is -0.359. The van der Waals surface area contributed by atoms with E-state index < -0.39 is 5.97 Å². The maximum Gasteiger partial charge on any atom is 0.335 e. The number of H-pyrrole nitrogens is 1. The molecule has 19 heavy (non-hydrogen) atoms. The van der Waals surface area contributed by atoms with Crippen molar-refractivity contribution in [3.05, 3.63) is 46.6 Å². The normalized spacial score (nSPS) is 10.8. The zero-order valence-electron chi connectivity index (χ0n) is 9.59. The van der Waals surface area contributed by atoms with Crippen LogP contribution in [0.1, 0.15) is 10.4 Å². The molecule has 2 aromatic heterocycles. The summed E-state index contributed by atoms with van der Waals surface area (Å²) < 4.78 is 0.856. The minimum atomic E-state index is -0.959. The van der Waals surface area contributed by atoms with Crippen molar-refractivity contribution in [3.63, 3.8) is 0 Å². The Labute approximate surface area is 116 Å². The molecule has 3 aromatic rings. The van der Waals surface area contributed by atoms with Crippen molar-refractivity contribution in [2.24, 2.45) is 0 Å². The van der Waals surface area contributed by atoms with Crippen molar-refractivity contribution in [2.45, 2.75) is 0 Å². The second-order valence-corrected chi connectivity index (χ2v) is 4.91. The molecular formula is C13H8BrN3O2. The number of hydrogen-bond donors (Lipinski definition) is 2. The number of nitrogens with zero attached hydrogens (tertiary/aromatic N) is 2. The topological polar surface area (TPSA) is 78.9 Å². The number of rotatable bonds is 2. The summed E-state index contributed by atoms with van der Waals surface area (Å²) >= 11 is 3.34. The van der Waals surface area contributed by atoms with Gasteiger partial charge in [-0.05, 0) is 34.1 Å². The molecule has 0 aliphatic rings. The fourth-order valence-corrected chi connectivity index (χ4v) is 2.14. The van der Waals surface area contributed by atoms with Gasteiger partial charge in [0.1, 0.15) is 5.82 Å². The Bertz CT molecular complexity index is 782. The van der Waals surface area contributed by atoms with Gasteiger partial charge < -0.3 is 10.1 Å². The first-order valence-corrected chi connectivity index (χ1v) is 6.28. The third-order valence-electron chi connectivity index (χ3n) is 2.69. The van der Waals surface area contributed by atoms with Gasteiger partial charge in [0, 0.05) is 16.2 Å². The fraction of sp³-hybridized carbons (Fsp3) is 0. The highest BCUT2D eigenvalue weighted by Crippen LogP contribution is 2.22. The minimum Gasteiger partial charge on any atom is -0.478 e. The maximum absolute atomic E-state index is 11.0. The molecule has 0 atom stereocenters. The molecule has 0 saturated heterocycles. The Morgan fingerprint density at radius 2 is 2.16 bits per heavy atom. The number of aromatic carboxylic acids is 1. The summed E-state index contributed by atoms with van der Waals surface area (Å²) in [6.07, 6.45) is 1.67. The Morgan fingerprint density at radius 1 is 1.32 bits per heavy atom. The number of hydrogen-bond acceptors (Lipinski definition) is 3. The molecule has 2 heterocycles. The molecular weight excluding hydrogens is 310 g/mol.